The maximum absolute atomic E-state index is 13.2. The summed E-state index contributed by atoms with van der Waals surface area (Å²) in [6.45, 7) is 0. The van der Waals surface area contributed by atoms with Gasteiger partial charge in [0.1, 0.15) is 5.82 Å². The summed E-state index contributed by atoms with van der Waals surface area (Å²) in [5, 5.41) is 0. The highest BCUT2D eigenvalue weighted by atomic mass is 35.5. The fourth-order valence-electron chi connectivity index (χ4n) is 1.62. The molecule has 1 aliphatic carbocycles. The Morgan fingerprint density at radius 2 is 2.00 bits per heavy atom. The quantitative estimate of drug-likeness (QED) is 0.824. The number of rotatable bonds is 3. The third-order valence-corrected chi connectivity index (χ3v) is 2.59. The molecule has 2 N–H and O–H groups in total. The van der Waals surface area contributed by atoms with Crippen molar-refractivity contribution in [2.75, 3.05) is 0 Å². The Kier molecular flexibility index (Phi) is 3.90. The summed E-state index contributed by atoms with van der Waals surface area (Å²) in [7, 11) is 0. The summed E-state index contributed by atoms with van der Waals surface area (Å²) in [5.74, 6) is 0.574. The minimum absolute atomic E-state index is 0. The number of hydrogen-bond donors (Lipinski definition) is 1. The van der Waals surface area contributed by atoms with Crippen LogP contribution in [0.3, 0.4) is 0 Å². The molecule has 0 bridgehead atoms. The van der Waals surface area contributed by atoms with Gasteiger partial charge in [0.05, 0.1) is 0 Å². The van der Waals surface area contributed by atoms with Crippen LogP contribution in [0.4, 0.5) is 4.39 Å². The number of benzene rings is 1. The molecule has 1 fully saturated rings. The summed E-state index contributed by atoms with van der Waals surface area (Å²) in [4.78, 5) is 0. The van der Waals surface area contributed by atoms with Gasteiger partial charge in [-0.05, 0) is 18.4 Å². The molecule has 14 heavy (non-hydrogen) atoms. The van der Waals surface area contributed by atoms with Crippen LogP contribution in [0.25, 0.3) is 0 Å². The van der Waals surface area contributed by atoms with Crippen molar-refractivity contribution in [2.45, 2.75) is 25.3 Å². The first kappa shape index (κ1) is 11.5. The van der Waals surface area contributed by atoms with Crippen LogP contribution >= 0.6 is 12.4 Å². The van der Waals surface area contributed by atoms with Crippen molar-refractivity contribution in [3.63, 3.8) is 0 Å². The molecule has 1 nitrogen and oxygen atoms in total. The van der Waals surface area contributed by atoms with Gasteiger partial charge >= 0.3 is 0 Å². The maximum Gasteiger partial charge on any atom is 0.127 e. The van der Waals surface area contributed by atoms with Crippen LogP contribution in [0.15, 0.2) is 24.3 Å². The molecule has 0 aliphatic heterocycles. The smallest absolute Gasteiger partial charge is 0.127 e. The number of nitrogens with two attached hydrogens (primary N) is 1. The zero-order valence-electron chi connectivity index (χ0n) is 7.95. The van der Waals surface area contributed by atoms with Gasteiger partial charge in [-0.2, -0.15) is 0 Å². The van der Waals surface area contributed by atoms with Crippen LogP contribution in [0.5, 0.6) is 0 Å². The van der Waals surface area contributed by atoms with Crippen molar-refractivity contribution in [3.05, 3.63) is 35.6 Å². The average molecular weight is 216 g/mol. The Morgan fingerprint density at radius 1 is 1.36 bits per heavy atom. The van der Waals surface area contributed by atoms with Gasteiger partial charge in [-0.15, -0.1) is 12.4 Å². The summed E-state index contributed by atoms with van der Waals surface area (Å²) in [6, 6.07) is 6.67. The molecule has 78 valence electrons. The van der Waals surface area contributed by atoms with Crippen molar-refractivity contribution in [2.24, 2.45) is 11.7 Å². The lowest BCUT2D eigenvalue weighted by Gasteiger charge is -2.11. The highest BCUT2D eigenvalue weighted by Gasteiger charge is 2.25. The zero-order valence-corrected chi connectivity index (χ0v) is 8.77. The topological polar surface area (TPSA) is 26.0 Å². The van der Waals surface area contributed by atoms with Crippen LogP contribution in [0, 0.1) is 11.7 Å². The van der Waals surface area contributed by atoms with Crippen molar-refractivity contribution in [1.82, 2.24) is 0 Å². The summed E-state index contributed by atoms with van der Waals surface area (Å²) >= 11 is 0. The van der Waals surface area contributed by atoms with Crippen LogP contribution in [-0.2, 0) is 0 Å². The van der Waals surface area contributed by atoms with E-state index in [0.717, 1.165) is 12.3 Å². The van der Waals surface area contributed by atoms with E-state index in [1.54, 1.807) is 12.1 Å². The Bertz CT molecular complexity index is 299. The van der Waals surface area contributed by atoms with E-state index in [2.05, 4.69) is 0 Å². The lowest BCUT2D eigenvalue weighted by molar-refractivity contribution is 0.543. The molecular weight excluding hydrogens is 201 g/mol. The molecule has 1 atom stereocenters. The molecule has 0 unspecified atom stereocenters. The highest BCUT2D eigenvalue weighted by Crippen LogP contribution is 2.37. The Balaban J connectivity index is 0.000000980. The maximum atomic E-state index is 13.2. The number of hydrogen-bond acceptors (Lipinski definition) is 1. The van der Waals surface area contributed by atoms with Gasteiger partial charge in [0.25, 0.3) is 0 Å². The normalized spacial score (nSPS) is 17.3. The lowest BCUT2D eigenvalue weighted by Crippen LogP contribution is -2.12. The van der Waals surface area contributed by atoms with Crippen molar-refractivity contribution < 1.29 is 4.39 Å². The van der Waals surface area contributed by atoms with Crippen molar-refractivity contribution in [1.29, 1.82) is 0 Å². The van der Waals surface area contributed by atoms with Gasteiger partial charge in [0.15, 0.2) is 0 Å². The molecule has 1 aromatic carbocycles. The first-order valence-electron chi connectivity index (χ1n) is 4.77. The first-order valence-corrected chi connectivity index (χ1v) is 4.77. The van der Waals surface area contributed by atoms with Crippen LogP contribution < -0.4 is 5.73 Å². The standard InChI is InChI=1S/C11H14FN.ClH/c12-10-4-2-1-3-9(10)11(13)7-8-5-6-8;/h1-4,8,11H,5-7,13H2;1H/t11-;/m1./s1. The summed E-state index contributed by atoms with van der Waals surface area (Å²) < 4.78 is 13.2. The van der Waals surface area contributed by atoms with Crippen LogP contribution in [-0.4, -0.2) is 0 Å². The highest BCUT2D eigenvalue weighted by molar-refractivity contribution is 5.85. The second kappa shape index (κ2) is 4.76. The molecular formula is C11H15ClFN. The average Bonchev–Trinajstić information content (AvgIpc) is 2.89. The monoisotopic (exact) mass is 215 g/mol. The molecule has 1 aromatic rings. The SMILES string of the molecule is Cl.N[C@H](CC1CC1)c1ccccc1F. The molecule has 3 heteroatoms. The van der Waals surface area contributed by atoms with E-state index in [4.69, 9.17) is 5.73 Å². The second-order valence-electron chi connectivity index (χ2n) is 3.81. The van der Waals surface area contributed by atoms with Gasteiger partial charge in [-0.3, -0.25) is 0 Å². The second-order valence-corrected chi connectivity index (χ2v) is 3.81. The largest absolute Gasteiger partial charge is 0.324 e. The summed E-state index contributed by atoms with van der Waals surface area (Å²) in [6.07, 6.45) is 3.46. The minimum Gasteiger partial charge on any atom is -0.324 e. The Morgan fingerprint density at radius 3 is 2.57 bits per heavy atom. The third-order valence-electron chi connectivity index (χ3n) is 2.59. The van der Waals surface area contributed by atoms with Gasteiger partial charge in [0, 0.05) is 11.6 Å². The van der Waals surface area contributed by atoms with E-state index in [1.165, 1.54) is 18.9 Å². The van der Waals surface area contributed by atoms with E-state index in [9.17, 15) is 4.39 Å². The molecule has 1 saturated carbocycles. The third kappa shape index (κ3) is 2.69. The molecule has 1 aliphatic rings. The van der Waals surface area contributed by atoms with Crippen molar-refractivity contribution >= 4 is 12.4 Å². The van der Waals surface area contributed by atoms with Gasteiger partial charge in [-0.1, -0.05) is 31.0 Å². The minimum atomic E-state index is -0.171. The first-order chi connectivity index (χ1) is 6.27. The lowest BCUT2D eigenvalue weighted by atomic mass is 10.0. The van der Waals surface area contributed by atoms with E-state index in [-0.39, 0.29) is 24.3 Å². The fourth-order valence-corrected chi connectivity index (χ4v) is 1.62. The number of halogens is 2. The fraction of sp³-hybridized carbons (Fsp3) is 0.455. The van der Waals surface area contributed by atoms with E-state index >= 15 is 0 Å². The molecule has 0 radical (unpaired) electrons. The van der Waals surface area contributed by atoms with E-state index in [1.807, 2.05) is 6.07 Å². The van der Waals surface area contributed by atoms with Crippen molar-refractivity contribution in [3.8, 4) is 0 Å². The molecule has 0 spiro atoms. The van der Waals surface area contributed by atoms with E-state index in [0.29, 0.717) is 5.56 Å². The molecule has 0 aromatic heterocycles. The predicted molar refractivity (Wildman–Crippen MR) is 57.9 cm³/mol. The van der Waals surface area contributed by atoms with Crippen LogP contribution in [0.2, 0.25) is 0 Å². The Hall–Kier alpha value is -0.600. The zero-order chi connectivity index (χ0) is 9.26. The molecule has 0 amide bonds. The predicted octanol–water partition coefficient (Wildman–Crippen LogP) is 3.05. The molecule has 2 rings (SSSR count). The van der Waals surface area contributed by atoms with E-state index < -0.39 is 0 Å². The van der Waals surface area contributed by atoms with Gasteiger partial charge in [-0.25, -0.2) is 4.39 Å². The Labute approximate surface area is 89.9 Å². The van der Waals surface area contributed by atoms with Gasteiger partial charge < -0.3 is 5.73 Å². The van der Waals surface area contributed by atoms with Gasteiger partial charge in [0.2, 0.25) is 0 Å². The summed E-state index contributed by atoms with van der Waals surface area (Å²) in [5.41, 5.74) is 6.56. The molecule has 0 heterocycles. The van der Waals surface area contributed by atoms with Crippen LogP contribution in [0.1, 0.15) is 30.9 Å². The molecule has 0 saturated heterocycles.